The van der Waals surface area contributed by atoms with Gasteiger partial charge in [0.1, 0.15) is 11.2 Å². The molecule has 4 nitrogen and oxygen atoms in total. The Labute approximate surface area is 329 Å². The second kappa shape index (κ2) is 13.6. The van der Waals surface area contributed by atoms with E-state index in [9.17, 15) is 0 Å². The van der Waals surface area contributed by atoms with Gasteiger partial charge < -0.3 is 4.42 Å². The molecule has 0 bridgehead atoms. The first-order valence-corrected chi connectivity index (χ1v) is 19.2. The maximum Gasteiger partial charge on any atom is 0.164 e. The number of furan rings is 1. The van der Waals surface area contributed by atoms with Crippen LogP contribution in [0.5, 0.6) is 0 Å². The molecule has 57 heavy (non-hydrogen) atoms. The number of rotatable bonds is 6. The fraction of sp³-hybridized carbons (Fsp3) is 0. The average molecular weight is 728 g/mol. The molecule has 0 spiro atoms. The van der Waals surface area contributed by atoms with Gasteiger partial charge in [-0.1, -0.05) is 182 Å². The number of fused-ring (bicyclic) bond motifs is 5. The smallest absolute Gasteiger partial charge is 0.164 e. The van der Waals surface area contributed by atoms with E-state index in [0.717, 1.165) is 71.8 Å². The normalized spacial score (nSPS) is 11.5. The second-order valence-corrected chi connectivity index (χ2v) is 14.4. The lowest BCUT2D eigenvalue weighted by molar-refractivity contribution is 0.670. The molecule has 2 heterocycles. The summed E-state index contributed by atoms with van der Waals surface area (Å²) in [5, 5.41) is 6.92. The van der Waals surface area contributed by atoms with Crippen molar-refractivity contribution < 1.29 is 4.42 Å². The minimum atomic E-state index is 0.620. The van der Waals surface area contributed by atoms with Crippen LogP contribution in [0.25, 0.3) is 111 Å². The van der Waals surface area contributed by atoms with Crippen LogP contribution in [0.4, 0.5) is 0 Å². The molecule has 0 aliphatic rings. The van der Waals surface area contributed by atoms with Crippen molar-refractivity contribution in [3.8, 4) is 67.5 Å². The summed E-state index contributed by atoms with van der Waals surface area (Å²) < 4.78 is 6.87. The lowest BCUT2D eigenvalue weighted by Crippen LogP contribution is -2.00. The van der Waals surface area contributed by atoms with Gasteiger partial charge in [0.2, 0.25) is 0 Å². The third-order valence-corrected chi connectivity index (χ3v) is 10.9. The van der Waals surface area contributed by atoms with E-state index in [4.69, 9.17) is 19.4 Å². The van der Waals surface area contributed by atoms with Crippen molar-refractivity contribution in [3.05, 3.63) is 200 Å². The molecule has 0 aliphatic heterocycles. The highest BCUT2D eigenvalue weighted by Gasteiger charge is 2.20. The summed E-state index contributed by atoms with van der Waals surface area (Å²) >= 11 is 0. The predicted octanol–water partition coefficient (Wildman–Crippen LogP) is 14.1. The van der Waals surface area contributed by atoms with Crippen LogP contribution in [0.15, 0.2) is 205 Å². The van der Waals surface area contributed by atoms with Gasteiger partial charge in [0.05, 0.1) is 0 Å². The zero-order chi connectivity index (χ0) is 37.7. The van der Waals surface area contributed by atoms with Crippen molar-refractivity contribution in [1.82, 2.24) is 15.0 Å². The standard InChI is InChI=1S/C53H33N3O/c1-3-12-34(13-4-1)35-22-26-39(27-23-35)52-54-51(38-15-5-2-6-16-38)55-53(56-52)40-28-24-37(25-29-40)44-30-31-46(45-21-11-19-36-14-9-10-20-43(36)45)50-49(44)47-32-41-17-7-8-18-42(41)33-48(47)57-50/h1-33H. The lowest BCUT2D eigenvalue weighted by Gasteiger charge is -2.12. The molecule has 0 saturated carbocycles. The highest BCUT2D eigenvalue weighted by Crippen LogP contribution is 2.44. The first-order valence-electron chi connectivity index (χ1n) is 19.2. The molecule has 0 radical (unpaired) electrons. The highest BCUT2D eigenvalue weighted by atomic mass is 16.3. The van der Waals surface area contributed by atoms with E-state index in [0.29, 0.717) is 17.5 Å². The Balaban J connectivity index is 1.05. The second-order valence-electron chi connectivity index (χ2n) is 14.4. The first kappa shape index (κ1) is 32.7. The Morgan fingerprint density at radius 1 is 0.298 bits per heavy atom. The summed E-state index contributed by atoms with van der Waals surface area (Å²) in [5.74, 6) is 1.88. The summed E-state index contributed by atoms with van der Waals surface area (Å²) in [7, 11) is 0. The molecule has 0 saturated heterocycles. The van der Waals surface area contributed by atoms with Gasteiger partial charge in [0.15, 0.2) is 17.5 Å². The third-order valence-electron chi connectivity index (χ3n) is 10.9. The SMILES string of the molecule is c1ccc(-c2ccc(-c3nc(-c4ccccc4)nc(-c4ccc(-c5ccc(-c6cccc7ccccc67)c6oc7cc8ccccc8cc7c56)cc4)n3)cc2)cc1. The molecule has 0 aliphatic carbocycles. The van der Waals surface area contributed by atoms with Gasteiger partial charge in [-0.3, -0.25) is 0 Å². The molecule has 11 rings (SSSR count). The van der Waals surface area contributed by atoms with E-state index < -0.39 is 0 Å². The van der Waals surface area contributed by atoms with Crippen molar-refractivity contribution in [2.75, 3.05) is 0 Å². The molecular formula is C53H33N3O. The number of hydrogen-bond donors (Lipinski definition) is 0. The fourth-order valence-electron chi connectivity index (χ4n) is 8.07. The van der Waals surface area contributed by atoms with Crippen molar-refractivity contribution >= 4 is 43.5 Å². The van der Waals surface area contributed by atoms with Crippen molar-refractivity contribution in [2.45, 2.75) is 0 Å². The molecule has 0 N–H and O–H groups in total. The Bertz CT molecular complexity index is 3260. The zero-order valence-corrected chi connectivity index (χ0v) is 30.8. The summed E-state index contributed by atoms with van der Waals surface area (Å²) in [6.07, 6.45) is 0. The van der Waals surface area contributed by atoms with E-state index >= 15 is 0 Å². The van der Waals surface area contributed by atoms with Gasteiger partial charge >= 0.3 is 0 Å². The van der Waals surface area contributed by atoms with Crippen LogP contribution in [-0.2, 0) is 0 Å². The summed E-state index contributed by atoms with van der Waals surface area (Å²) in [5.41, 5.74) is 11.3. The number of benzene rings is 9. The van der Waals surface area contributed by atoms with Crippen LogP contribution >= 0.6 is 0 Å². The van der Waals surface area contributed by atoms with Gasteiger partial charge in [-0.05, 0) is 67.6 Å². The molecule has 4 heteroatoms. The maximum atomic E-state index is 6.87. The quantitative estimate of drug-likeness (QED) is 0.171. The Morgan fingerprint density at radius 2 is 0.772 bits per heavy atom. The van der Waals surface area contributed by atoms with Crippen molar-refractivity contribution in [2.24, 2.45) is 0 Å². The van der Waals surface area contributed by atoms with Gasteiger partial charge in [-0.25, -0.2) is 15.0 Å². The summed E-state index contributed by atoms with van der Waals surface area (Å²) in [6, 6.07) is 69.9. The van der Waals surface area contributed by atoms with Crippen LogP contribution in [0, 0.1) is 0 Å². The minimum absolute atomic E-state index is 0.620. The molecule has 0 fully saturated rings. The molecular weight excluding hydrogens is 695 g/mol. The van der Waals surface area contributed by atoms with E-state index in [2.05, 4.69) is 164 Å². The molecule has 9 aromatic carbocycles. The maximum absolute atomic E-state index is 6.87. The Morgan fingerprint density at radius 3 is 1.44 bits per heavy atom. The van der Waals surface area contributed by atoms with Crippen LogP contribution in [0.2, 0.25) is 0 Å². The Hall–Kier alpha value is -7.69. The third kappa shape index (κ3) is 5.83. The molecule has 0 amide bonds. The van der Waals surface area contributed by atoms with Crippen LogP contribution in [-0.4, -0.2) is 15.0 Å². The topological polar surface area (TPSA) is 51.8 Å². The zero-order valence-electron chi connectivity index (χ0n) is 30.8. The van der Waals surface area contributed by atoms with Crippen molar-refractivity contribution in [3.63, 3.8) is 0 Å². The largest absolute Gasteiger partial charge is 0.455 e. The van der Waals surface area contributed by atoms with Crippen LogP contribution in [0.1, 0.15) is 0 Å². The van der Waals surface area contributed by atoms with Gasteiger partial charge in [0.25, 0.3) is 0 Å². The minimum Gasteiger partial charge on any atom is -0.455 e. The Kier molecular flexibility index (Phi) is 7.78. The molecule has 0 unspecified atom stereocenters. The summed E-state index contributed by atoms with van der Waals surface area (Å²) in [6.45, 7) is 0. The van der Waals surface area contributed by atoms with E-state index in [1.807, 2.05) is 36.4 Å². The fourth-order valence-corrected chi connectivity index (χ4v) is 8.07. The highest BCUT2D eigenvalue weighted by molar-refractivity contribution is 6.19. The number of hydrogen-bond acceptors (Lipinski definition) is 4. The lowest BCUT2D eigenvalue weighted by atomic mass is 9.92. The van der Waals surface area contributed by atoms with E-state index in [-0.39, 0.29) is 0 Å². The van der Waals surface area contributed by atoms with Crippen LogP contribution < -0.4 is 0 Å². The van der Waals surface area contributed by atoms with Crippen molar-refractivity contribution in [1.29, 1.82) is 0 Å². The number of aromatic nitrogens is 3. The van der Waals surface area contributed by atoms with Gasteiger partial charge in [-0.15, -0.1) is 0 Å². The molecule has 11 aromatic rings. The molecule has 266 valence electrons. The average Bonchev–Trinajstić information content (AvgIpc) is 3.66. The monoisotopic (exact) mass is 727 g/mol. The van der Waals surface area contributed by atoms with Gasteiger partial charge in [-0.2, -0.15) is 0 Å². The molecule has 0 atom stereocenters. The predicted molar refractivity (Wildman–Crippen MR) is 235 cm³/mol. The van der Waals surface area contributed by atoms with Crippen LogP contribution in [0.3, 0.4) is 0 Å². The molecule has 2 aromatic heterocycles. The summed E-state index contributed by atoms with van der Waals surface area (Å²) in [4.78, 5) is 15.0. The van der Waals surface area contributed by atoms with Gasteiger partial charge in [0, 0.05) is 33.0 Å². The van der Waals surface area contributed by atoms with E-state index in [1.165, 1.54) is 21.7 Å². The first-order chi connectivity index (χ1) is 28.2. The number of nitrogens with zero attached hydrogens (tertiary/aromatic N) is 3. The van der Waals surface area contributed by atoms with E-state index in [1.54, 1.807) is 0 Å².